The molecule has 0 aromatic heterocycles. The summed E-state index contributed by atoms with van der Waals surface area (Å²) >= 11 is 6.09. The summed E-state index contributed by atoms with van der Waals surface area (Å²) in [6, 6.07) is 6.01. The number of primary amides is 1. The fraction of sp³-hybridized carbons (Fsp3) is 0.452. The first-order valence-electron chi connectivity index (χ1n) is 13.7. The molecule has 8 nitrogen and oxygen atoms in total. The van der Waals surface area contributed by atoms with Crippen LogP contribution in [-0.2, 0) is 22.6 Å². The summed E-state index contributed by atoms with van der Waals surface area (Å²) in [5, 5.41) is 0.372. The Kier molecular flexibility index (Phi) is 11.0. The number of fused-ring (bicyclic) bond motifs is 1. The Balaban J connectivity index is 1.97. The third-order valence-electron chi connectivity index (χ3n) is 7.29. The van der Waals surface area contributed by atoms with Crippen molar-refractivity contribution in [3.8, 4) is 11.5 Å². The molecule has 3 rings (SSSR count). The van der Waals surface area contributed by atoms with Gasteiger partial charge in [0.05, 0.1) is 23.4 Å². The average molecular weight is 571 g/mol. The molecule has 2 N–H and O–H groups in total. The van der Waals surface area contributed by atoms with Crippen molar-refractivity contribution in [2.24, 2.45) is 5.73 Å². The van der Waals surface area contributed by atoms with Gasteiger partial charge in [-0.05, 0) is 57.2 Å². The van der Waals surface area contributed by atoms with Gasteiger partial charge in [-0.15, -0.1) is 0 Å². The quantitative estimate of drug-likeness (QED) is 0.157. The number of nitrogens with zero attached hydrogens (tertiary/aromatic N) is 1. The molecule has 0 spiro atoms. The van der Waals surface area contributed by atoms with Crippen LogP contribution in [0.15, 0.2) is 35.9 Å². The molecule has 9 heteroatoms. The summed E-state index contributed by atoms with van der Waals surface area (Å²) in [7, 11) is 1.57. The second-order valence-corrected chi connectivity index (χ2v) is 10.4. The van der Waals surface area contributed by atoms with Crippen molar-refractivity contribution in [1.82, 2.24) is 0 Å². The van der Waals surface area contributed by atoms with E-state index < -0.39 is 18.0 Å². The maximum absolute atomic E-state index is 13.0. The van der Waals surface area contributed by atoms with Crippen LogP contribution in [0.4, 0.5) is 10.5 Å². The van der Waals surface area contributed by atoms with Crippen LogP contribution in [0.3, 0.4) is 0 Å². The number of hydrogen-bond donors (Lipinski definition) is 1. The highest BCUT2D eigenvalue weighted by Crippen LogP contribution is 2.44. The van der Waals surface area contributed by atoms with Gasteiger partial charge < -0.3 is 19.9 Å². The van der Waals surface area contributed by atoms with Crippen LogP contribution in [0.25, 0.3) is 0 Å². The van der Waals surface area contributed by atoms with Gasteiger partial charge in [0.1, 0.15) is 18.1 Å². The number of anilines is 1. The summed E-state index contributed by atoms with van der Waals surface area (Å²) in [5.74, 6) is 0.0464. The molecule has 2 aromatic carbocycles. The van der Waals surface area contributed by atoms with Gasteiger partial charge in [-0.25, -0.2) is 9.59 Å². The topological polar surface area (TPSA) is 108 Å². The monoisotopic (exact) mass is 570 g/mol. The number of hydrogen-bond acceptors (Lipinski definition) is 6. The van der Waals surface area contributed by atoms with Gasteiger partial charge in [-0.2, -0.15) is 0 Å². The number of urea groups is 1. The molecule has 1 unspecified atom stereocenters. The lowest BCUT2D eigenvalue weighted by atomic mass is 9.91. The predicted octanol–water partition coefficient (Wildman–Crippen LogP) is 7.06. The van der Waals surface area contributed by atoms with E-state index in [4.69, 9.17) is 31.5 Å². The van der Waals surface area contributed by atoms with Gasteiger partial charge in [0, 0.05) is 23.6 Å². The number of para-hydroxylation sites is 1. The number of methoxy groups -OCH3 is 1. The summed E-state index contributed by atoms with van der Waals surface area (Å²) in [4.78, 5) is 40.0. The zero-order chi connectivity index (χ0) is 29.4. The highest BCUT2D eigenvalue weighted by Gasteiger charge is 2.37. The van der Waals surface area contributed by atoms with Crippen LogP contribution in [0.2, 0.25) is 5.02 Å². The van der Waals surface area contributed by atoms with Gasteiger partial charge >= 0.3 is 18.0 Å². The van der Waals surface area contributed by atoms with E-state index in [0.717, 1.165) is 30.4 Å². The number of halogens is 1. The fourth-order valence-electron chi connectivity index (χ4n) is 5.10. The van der Waals surface area contributed by atoms with E-state index in [-0.39, 0.29) is 19.1 Å². The molecule has 0 radical (unpaired) electrons. The number of allylic oxidation sites excluding steroid dienone is 2. The van der Waals surface area contributed by atoms with Crippen LogP contribution in [0.1, 0.15) is 86.3 Å². The Hall–Kier alpha value is -3.52. The van der Waals surface area contributed by atoms with E-state index in [1.807, 2.05) is 26.8 Å². The van der Waals surface area contributed by atoms with Gasteiger partial charge in [-0.3, -0.25) is 9.69 Å². The van der Waals surface area contributed by atoms with E-state index in [1.54, 1.807) is 36.3 Å². The van der Waals surface area contributed by atoms with E-state index in [9.17, 15) is 14.4 Å². The Morgan fingerprint density at radius 1 is 1.23 bits per heavy atom. The second kappa shape index (κ2) is 14.2. The molecule has 0 aliphatic carbocycles. The zero-order valence-corrected chi connectivity index (χ0v) is 24.7. The van der Waals surface area contributed by atoms with Crippen LogP contribution in [-0.4, -0.2) is 31.1 Å². The van der Waals surface area contributed by atoms with E-state index in [0.29, 0.717) is 58.2 Å². The minimum absolute atomic E-state index is 0.115. The number of amides is 2. The summed E-state index contributed by atoms with van der Waals surface area (Å²) in [5.41, 5.74) is 9.94. The van der Waals surface area contributed by atoms with Crippen molar-refractivity contribution in [3.05, 3.63) is 63.2 Å². The molecular weight excluding hydrogens is 532 g/mol. The van der Waals surface area contributed by atoms with Crippen molar-refractivity contribution < 1.29 is 28.6 Å². The molecule has 0 fully saturated rings. The van der Waals surface area contributed by atoms with Gasteiger partial charge in [0.2, 0.25) is 0 Å². The SMILES string of the molecule is CCCCC(CC)N(C(N)=O)c1c(CC=C(C)CCC(=O)Oc2ccccc2Cl)c(OC)c(C)c2c1C(=O)OC2. The third kappa shape index (κ3) is 6.97. The van der Waals surface area contributed by atoms with E-state index in [1.165, 1.54) is 0 Å². The first-order chi connectivity index (χ1) is 19.1. The van der Waals surface area contributed by atoms with Gasteiger partial charge in [0.15, 0.2) is 0 Å². The molecule has 0 saturated heterocycles. The average Bonchev–Trinajstić information content (AvgIpc) is 3.32. The molecule has 0 bridgehead atoms. The molecule has 1 aliphatic heterocycles. The minimum atomic E-state index is -0.625. The Bertz CT molecular complexity index is 1290. The highest BCUT2D eigenvalue weighted by molar-refractivity contribution is 6.32. The number of cyclic esters (lactones) is 1. The lowest BCUT2D eigenvalue weighted by molar-refractivity contribution is -0.134. The molecular formula is C31H39ClN2O6. The smallest absolute Gasteiger partial charge is 0.341 e. The molecule has 216 valence electrons. The zero-order valence-electron chi connectivity index (χ0n) is 24.0. The molecule has 1 heterocycles. The number of unbranched alkanes of at least 4 members (excludes halogenated alkanes) is 1. The Morgan fingerprint density at radius 3 is 2.58 bits per heavy atom. The third-order valence-corrected chi connectivity index (χ3v) is 7.60. The lowest BCUT2D eigenvalue weighted by Gasteiger charge is -2.33. The van der Waals surface area contributed by atoms with Crippen molar-refractivity contribution >= 4 is 35.3 Å². The lowest BCUT2D eigenvalue weighted by Crippen LogP contribution is -2.45. The number of ether oxygens (including phenoxy) is 3. The molecule has 1 aliphatic rings. The standard InChI is InChI=1S/C31H39ClN2O6/c1-6-8-11-21(7-2)34(31(33)37)28-22(29(38-5)20(4)23-18-39-30(36)27(23)28)16-14-19(3)15-17-26(35)40-25-13-10-9-12-24(25)32/h9-10,12-14,21H,6-8,11,15-18H2,1-5H3,(H2,33,37). The number of esters is 2. The summed E-state index contributed by atoms with van der Waals surface area (Å²) in [6.07, 6.45) is 6.25. The molecule has 2 aromatic rings. The Morgan fingerprint density at radius 2 is 1.95 bits per heavy atom. The molecule has 0 saturated carbocycles. The number of rotatable bonds is 13. The number of carbonyl (C=O) groups is 3. The number of benzene rings is 2. The number of nitrogens with two attached hydrogens (primary N) is 1. The van der Waals surface area contributed by atoms with Crippen molar-refractivity contribution in [3.63, 3.8) is 0 Å². The largest absolute Gasteiger partial charge is 0.496 e. The first kappa shape index (κ1) is 31.0. The normalized spacial score (nSPS) is 13.4. The van der Waals surface area contributed by atoms with Crippen LogP contribution in [0.5, 0.6) is 11.5 Å². The number of carbonyl (C=O) groups excluding carboxylic acids is 3. The predicted molar refractivity (Wildman–Crippen MR) is 156 cm³/mol. The maximum Gasteiger partial charge on any atom is 0.341 e. The molecule has 2 amide bonds. The van der Waals surface area contributed by atoms with Crippen molar-refractivity contribution in [2.75, 3.05) is 12.0 Å². The molecule has 40 heavy (non-hydrogen) atoms. The van der Waals surface area contributed by atoms with Crippen LogP contribution < -0.4 is 20.1 Å². The van der Waals surface area contributed by atoms with Crippen molar-refractivity contribution in [2.45, 2.75) is 85.3 Å². The van der Waals surface area contributed by atoms with E-state index in [2.05, 4.69) is 6.92 Å². The second-order valence-electron chi connectivity index (χ2n) is 9.99. The van der Waals surface area contributed by atoms with E-state index >= 15 is 0 Å². The van der Waals surface area contributed by atoms with Crippen LogP contribution in [0, 0.1) is 6.92 Å². The van der Waals surface area contributed by atoms with Crippen LogP contribution >= 0.6 is 11.6 Å². The summed E-state index contributed by atoms with van der Waals surface area (Å²) < 4.78 is 16.7. The highest BCUT2D eigenvalue weighted by atomic mass is 35.5. The minimum Gasteiger partial charge on any atom is -0.496 e. The summed E-state index contributed by atoms with van der Waals surface area (Å²) in [6.45, 7) is 8.02. The van der Waals surface area contributed by atoms with Crippen molar-refractivity contribution in [1.29, 1.82) is 0 Å². The fourth-order valence-corrected chi connectivity index (χ4v) is 5.28. The Labute approximate surface area is 241 Å². The maximum atomic E-state index is 13.0. The first-order valence-corrected chi connectivity index (χ1v) is 14.1. The van der Waals surface area contributed by atoms with Gasteiger partial charge in [0.25, 0.3) is 0 Å². The van der Waals surface area contributed by atoms with Gasteiger partial charge in [-0.1, -0.05) is 62.1 Å². The molecule has 1 atom stereocenters.